The number of benzene rings is 2. The number of methoxy groups -OCH3 is 1. The van der Waals surface area contributed by atoms with Gasteiger partial charge < -0.3 is 9.64 Å². The molecule has 1 aromatic heterocycles. The summed E-state index contributed by atoms with van der Waals surface area (Å²) in [5, 5.41) is 0. The summed E-state index contributed by atoms with van der Waals surface area (Å²) in [5.74, 6) is 1.59. The van der Waals surface area contributed by atoms with E-state index >= 15 is 0 Å². The zero-order valence-electron chi connectivity index (χ0n) is 17.2. The fourth-order valence-electron chi connectivity index (χ4n) is 4.18. The van der Waals surface area contributed by atoms with E-state index < -0.39 is 0 Å². The third-order valence-corrected chi connectivity index (χ3v) is 5.69. The normalized spacial score (nSPS) is 17.2. The van der Waals surface area contributed by atoms with Gasteiger partial charge in [-0.3, -0.25) is 19.8 Å². The molecule has 5 rings (SSSR count). The molecule has 2 aliphatic rings. The minimum atomic E-state index is -0.373. The van der Waals surface area contributed by atoms with E-state index in [0.717, 1.165) is 39.7 Å². The maximum atomic E-state index is 13.4. The molecule has 2 aromatic carbocycles. The molecule has 6 heteroatoms. The molecule has 0 saturated carbocycles. The van der Waals surface area contributed by atoms with E-state index in [1.54, 1.807) is 19.5 Å². The van der Waals surface area contributed by atoms with Gasteiger partial charge in [-0.25, -0.2) is 0 Å². The highest BCUT2D eigenvalue weighted by atomic mass is 16.5. The van der Waals surface area contributed by atoms with Gasteiger partial charge >= 0.3 is 0 Å². The average molecular weight is 410 g/mol. The maximum absolute atomic E-state index is 13.4. The molecule has 0 aliphatic carbocycles. The van der Waals surface area contributed by atoms with Crippen molar-refractivity contribution in [3.8, 4) is 5.75 Å². The van der Waals surface area contributed by atoms with Crippen molar-refractivity contribution in [3.05, 3.63) is 89.7 Å². The van der Waals surface area contributed by atoms with Crippen LogP contribution < -0.4 is 9.64 Å². The number of aliphatic imine (C=N–C) groups is 2. The van der Waals surface area contributed by atoms with Gasteiger partial charge in [0, 0.05) is 30.1 Å². The van der Waals surface area contributed by atoms with Gasteiger partial charge in [-0.2, -0.15) is 0 Å². The number of rotatable bonds is 5. The number of hydrogen-bond acceptors (Lipinski definition) is 6. The lowest BCUT2D eigenvalue weighted by molar-refractivity contribution is -0.119. The number of nitrogens with zero attached hydrogens (tertiary/aromatic N) is 4. The Hall–Kier alpha value is -3.80. The number of anilines is 1. The number of amidine groups is 1. The number of carbonyl (C=O) groups excluding carboxylic acids is 1. The number of ether oxygens (including phenoxy) is 1. The molecule has 0 bridgehead atoms. The van der Waals surface area contributed by atoms with Crippen molar-refractivity contribution in [1.29, 1.82) is 0 Å². The van der Waals surface area contributed by atoms with E-state index in [1.165, 1.54) is 0 Å². The number of pyridine rings is 1. The van der Waals surface area contributed by atoms with Gasteiger partial charge in [-0.05, 0) is 41.5 Å². The zero-order chi connectivity index (χ0) is 21.2. The third-order valence-electron chi connectivity index (χ3n) is 5.69. The van der Waals surface area contributed by atoms with Gasteiger partial charge in [0.2, 0.25) is 0 Å². The standard InChI is InChI=1S/C25H22N4O2/c1-31-23-9-5-3-7-19(23)24-25-28-16-21(22(30)14-17-10-12-26-13-11-17)29(25)20-8-4-2-6-18(20)15-27-24/h2-13,21H,14-16H2,1H3. The van der Waals surface area contributed by atoms with Gasteiger partial charge in [0.25, 0.3) is 0 Å². The largest absolute Gasteiger partial charge is 0.496 e. The minimum absolute atomic E-state index is 0.126. The van der Waals surface area contributed by atoms with Gasteiger partial charge in [0.1, 0.15) is 17.5 Å². The molecule has 0 radical (unpaired) electrons. The van der Waals surface area contributed by atoms with Crippen molar-refractivity contribution < 1.29 is 9.53 Å². The summed E-state index contributed by atoms with van der Waals surface area (Å²) in [6.45, 7) is 0.923. The Morgan fingerprint density at radius 3 is 2.65 bits per heavy atom. The van der Waals surface area contributed by atoms with Crippen molar-refractivity contribution in [1.82, 2.24) is 4.98 Å². The Labute approximate surface area is 180 Å². The van der Waals surface area contributed by atoms with Crippen molar-refractivity contribution in [2.24, 2.45) is 9.98 Å². The second kappa shape index (κ2) is 8.14. The Bertz CT molecular complexity index is 1190. The summed E-state index contributed by atoms with van der Waals surface area (Å²) in [6, 6.07) is 19.3. The molecule has 0 spiro atoms. The van der Waals surface area contributed by atoms with Gasteiger partial charge in [0.05, 0.1) is 20.2 Å². The first kappa shape index (κ1) is 19.2. The van der Waals surface area contributed by atoms with Crippen molar-refractivity contribution in [2.75, 3.05) is 18.6 Å². The molecule has 6 nitrogen and oxygen atoms in total. The summed E-state index contributed by atoms with van der Waals surface area (Å²) >= 11 is 0. The molecule has 154 valence electrons. The fourth-order valence-corrected chi connectivity index (χ4v) is 4.18. The number of carbonyl (C=O) groups is 1. The Morgan fingerprint density at radius 1 is 1.03 bits per heavy atom. The molecular weight excluding hydrogens is 388 g/mol. The highest BCUT2D eigenvalue weighted by Gasteiger charge is 2.39. The molecule has 0 saturated heterocycles. The Kier molecular flexibility index (Phi) is 5.04. The summed E-state index contributed by atoms with van der Waals surface area (Å²) in [6.07, 6.45) is 3.77. The van der Waals surface area contributed by atoms with Crippen LogP contribution in [0.4, 0.5) is 5.69 Å². The second-order valence-electron chi connectivity index (χ2n) is 7.54. The number of hydrogen-bond donors (Lipinski definition) is 0. The first-order valence-electron chi connectivity index (χ1n) is 10.3. The lowest BCUT2D eigenvalue weighted by Gasteiger charge is -2.28. The molecule has 2 aliphatic heterocycles. The Balaban J connectivity index is 1.56. The monoisotopic (exact) mass is 410 g/mol. The van der Waals surface area contributed by atoms with Crippen LogP contribution >= 0.6 is 0 Å². The van der Waals surface area contributed by atoms with Crippen LogP contribution in [0.15, 0.2) is 83.0 Å². The Morgan fingerprint density at radius 2 is 1.81 bits per heavy atom. The van der Waals surface area contributed by atoms with Crippen LogP contribution in [0, 0.1) is 0 Å². The quantitative estimate of drug-likeness (QED) is 0.646. The van der Waals surface area contributed by atoms with E-state index in [-0.39, 0.29) is 11.8 Å². The van der Waals surface area contributed by atoms with Crippen LogP contribution in [0.5, 0.6) is 5.75 Å². The molecule has 1 atom stereocenters. The smallest absolute Gasteiger partial charge is 0.161 e. The number of fused-ring (bicyclic) bond motifs is 3. The molecule has 0 fully saturated rings. The lowest BCUT2D eigenvalue weighted by Crippen LogP contribution is -2.45. The topological polar surface area (TPSA) is 67.2 Å². The van der Waals surface area contributed by atoms with Crippen LogP contribution in [-0.2, 0) is 17.8 Å². The van der Waals surface area contributed by atoms with Crippen LogP contribution in [0.1, 0.15) is 16.7 Å². The van der Waals surface area contributed by atoms with Gasteiger partial charge in [-0.15, -0.1) is 0 Å². The van der Waals surface area contributed by atoms with E-state index in [9.17, 15) is 4.79 Å². The maximum Gasteiger partial charge on any atom is 0.161 e. The predicted molar refractivity (Wildman–Crippen MR) is 121 cm³/mol. The summed E-state index contributed by atoms with van der Waals surface area (Å²) in [5.41, 5.74) is 4.65. The first-order chi connectivity index (χ1) is 15.3. The number of para-hydroxylation sites is 2. The fraction of sp³-hybridized carbons (Fsp3) is 0.200. The summed E-state index contributed by atoms with van der Waals surface area (Å²) < 4.78 is 5.59. The van der Waals surface area contributed by atoms with Crippen LogP contribution in [0.2, 0.25) is 0 Å². The number of Topliss-reactive ketones (excluding diaryl/α,β-unsaturated/α-hetero) is 1. The average Bonchev–Trinajstić information content (AvgIpc) is 3.18. The zero-order valence-corrected chi connectivity index (χ0v) is 17.2. The molecule has 31 heavy (non-hydrogen) atoms. The van der Waals surface area contributed by atoms with E-state index in [2.05, 4.69) is 16.0 Å². The van der Waals surface area contributed by atoms with Crippen molar-refractivity contribution in [2.45, 2.75) is 19.0 Å². The van der Waals surface area contributed by atoms with E-state index in [1.807, 2.05) is 54.6 Å². The van der Waals surface area contributed by atoms with Crippen LogP contribution in [-0.4, -0.2) is 42.0 Å². The van der Waals surface area contributed by atoms with Crippen molar-refractivity contribution >= 4 is 23.0 Å². The summed E-state index contributed by atoms with van der Waals surface area (Å²) in [7, 11) is 1.65. The van der Waals surface area contributed by atoms with Gasteiger partial charge in [-0.1, -0.05) is 30.3 Å². The van der Waals surface area contributed by atoms with Crippen molar-refractivity contribution in [3.63, 3.8) is 0 Å². The van der Waals surface area contributed by atoms with Crippen LogP contribution in [0.3, 0.4) is 0 Å². The van der Waals surface area contributed by atoms with Crippen LogP contribution in [0.25, 0.3) is 0 Å². The molecular formula is C25H22N4O2. The molecule has 1 unspecified atom stereocenters. The molecule has 3 aromatic rings. The lowest BCUT2D eigenvalue weighted by atomic mass is 10.0. The summed E-state index contributed by atoms with van der Waals surface area (Å²) in [4.78, 5) is 29.2. The van der Waals surface area contributed by atoms with E-state index in [0.29, 0.717) is 19.5 Å². The predicted octanol–water partition coefficient (Wildman–Crippen LogP) is 3.49. The molecule has 0 N–H and O–H groups in total. The minimum Gasteiger partial charge on any atom is -0.496 e. The second-order valence-corrected chi connectivity index (χ2v) is 7.54. The number of aromatic nitrogens is 1. The van der Waals surface area contributed by atoms with Gasteiger partial charge in [0.15, 0.2) is 11.6 Å². The molecule has 0 amide bonds. The highest BCUT2D eigenvalue weighted by Crippen LogP contribution is 2.33. The number of ketones is 1. The SMILES string of the molecule is COc1ccccc1C1=NCc2ccccc2N2C1=NCC2C(=O)Cc1ccncc1. The molecule has 3 heterocycles. The first-order valence-corrected chi connectivity index (χ1v) is 10.3. The third kappa shape index (κ3) is 3.50. The highest BCUT2D eigenvalue weighted by molar-refractivity contribution is 6.53. The van der Waals surface area contributed by atoms with E-state index in [4.69, 9.17) is 14.7 Å².